The molecule has 0 bridgehead atoms. The Kier molecular flexibility index (Phi) is 5.45. The molecule has 1 aromatic carbocycles. The van der Waals surface area contributed by atoms with Gasteiger partial charge in [-0.3, -0.25) is 19.7 Å². The number of anilines is 1. The highest BCUT2D eigenvalue weighted by molar-refractivity contribution is 6.41. The van der Waals surface area contributed by atoms with E-state index in [0.717, 1.165) is 6.07 Å². The quantitative estimate of drug-likeness (QED) is 0.505. The summed E-state index contributed by atoms with van der Waals surface area (Å²) in [7, 11) is 0. The number of rotatable bonds is 4. The van der Waals surface area contributed by atoms with Crippen LogP contribution in [-0.2, 0) is 9.59 Å². The van der Waals surface area contributed by atoms with Gasteiger partial charge < -0.3 is 10.6 Å². The molecule has 0 spiro atoms. The van der Waals surface area contributed by atoms with Crippen molar-refractivity contribution in [2.45, 2.75) is 26.3 Å². The van der Waals surface area contributed by atoms with Crippen molar-refractivity contribution in [2.75, 3.05) is 5.32 Å². The molecule has 0 aliphatic carbocycles. The summed E-state index contributed by atoms with van der Waals surface area (Å²) < 4.78 is 0. The summed E-state index contributed by atoms with van der Waals surface area (Å²) in [5.74, 6) is -1.74. The number of hydrogen-bond acceptors (Lipinski definition) is 4. The molecule has 7 nitrogen and oxygen atoms in total. The Hall–Kier alpha value is -2.15. The van der Waals surface area contributed by atoms with Gasteiger partial charge in [-0.05, 0) is 19.4 Å². The lowest BCUT2D eigenvalue weighted by Gasteiger charge is -2.11. The second kappa shape index (κ2) is 6.85. The van der Waals surface area contributed by atoms with Crippen LogP contribution in [0.4, 0.5) is 11.4 Å². The standard InChI is InChI=1S/C12H14ClN3O4/c1-3-7(2)14-11(17)12(18)15-10-6-8(16(19)20)4-5-9(10)13/h4-7H,3H2,1-2H3,(H,14,17)(H,15,18). The first kappa shape index (κ1) is 15.9. The number of nitro benzene ring substituents is 1. The summed E-state index contributed by atoms with van der Waals surface area (Å²) in [5.41, 5.74) is -0.211. The Morgan fingerprint density at radius 2 is 2.05 bits per heavy atom. The molecule has 20 heavy (non-hydrogen) atoms. The third-order valence-corrected chi connectivity index (χ3v) is 2.93. The highest BCUT2D eigenvalue weighted by Crippen LogP contribution is 2.26. The molecule has 0 heterocycles. The summed E-state index contributed by atoms with van der Waals surface area (Å²) in [6, 6.07) is 3.43. The number of hydrogen-bond donors (Lipinski definition) is 2. The Labute approximate surface area is 120 Å². The summed E-state index contributed by atoms with van der Waals surface area (Å²) in [6.07, 6.45) is 0.677. The van der Waals surface area contributed by atoms with E-state index in [4.69, 9.17) is 11.6 Å². The van der Waals surface area contributed by atoms with E-state index in [1.54, 1.807) is 6.92 Å². The molecule has 2 amide bonds. The summed E-state index contributed by atoms with van der Waals surface area (Å²) in [5, 5.41) is 15.5. The van der Waals surface area contributed by atoms with Crippen LogP contribution in [0.25, 0.3) is 0 Å². The predicted octanol–water partition coefficient (Wildman–Crippen LogP) is 2.10. The van der Waals surface area contributed by atoms with Crippen LogP contribution in [-0.4, -0.2) is 22.8 Å². The third kappa shape index (κ3) is 4.20. The number of nitro groups is 1. The highest BCUT2D eigenvalue weighted by atomic mass is 35.5. The largest absolute Gasteiger partial charge is 0.345 e. The van der Waals surface area contributed by atoms with Crippen LogP contribution in [0.15, 0.2) is 18.2 Å². The number of amides is 2. The normalized spacial score (nSPS) is 11.6. The monoisotopic (exact) mass is 299 g/mol. The molecule has 0 aliphatic heterocycles. The van der Waals surface area contributed by atoms with Gasteiger partial charge in [0, 0.05) is 18.2 Å². The van der Waals surface area contributed by atoms with Crippen molar-refractivity contribution in [3.05, 3.63) is 33.3 Å². The Bertz CT molecular complexity index is 548. The van der Waals surface area contributed by atoms with Gasteiger partial charge in [0.05, 0.1) is 15.6 Å². The lowest BCUT2D eigenvalue weighted by atomic mass is 10.2. The zero-order valence-corrected chi connectivity index (χ0v) is 11.7. The van der Waals surface area contributed by atoms with Crippen molar-refractivity contribution in [1.82, 2.24) is 5.32 Å². The van der Waals surface area contributed by atoms with Crippen LogP contribution in [0, 0.1) is 10.1 Å². The number of nitrogens with zero attached hydrogens (tertiary/aromatic N) is 1. The zero-order chi connectivity index (χ0) is 15.3. The average Bonchev–Trinajstić information content (AvgIpc) is 2.40. The van der Waals surface area contributed by atoms with Gasteiger partial charge in [-0.25, -0.2) is 0 Å². The van der Waals surface area contributed by atoms with Crippen LogP contribution in [0.3, 0.4) is 0 Å². The van der Waals surface area contributed by atoms with Gasteiger partial charge in [0.15, 0.2) is 0 Å². The molecule has 0 radical (unpaired) electrons. The molecule has 1 unspecified atom stereocenters. The van der Waals surface area contributed by atoms with E-state index < -0.39 is 16.7 Å². The number of non-ortho nitro benzene ring substituents is 1. The summed E-state index contributed by atoms with van der Waals surface area (Å²) in [6.45, 7) is 3.62. The first-order valence-electron chi connectivity index (χ1n) is 5.91. The molecule has 108 valence electrons. The van der Waals surface area contributed by atoms with Crippen LogP contribution < -0.4 is 10.6 Å². The Morgan fingerprint density at radius 1 is 1.40 bits per heavy atom. The molecule has 2 N–H and O–H groups in total. The van der Waals surface area contributed by atoms with Gasteiger partial charge in [0.2, 0.25) is 0 Å². The maximum Gasteiger partial charge on any atom is 0.313 e. The molecule has 0 aromatic heterocycles. The van der Waals surface area contributed by atoms with Crippen molar-refractivity contribution in [3.63, 3.8) is 0 Å². The minimum absolute atomic E-state index is 0.0187. The second-order valence-electron chi connectivity index (χ2n) is 4.16. The van der Waals surface area contributed by atoms with E-state index in [0.29, 0.717) is 6.42 Å². The first-order chi connectivity index (χ1) is 9.35. The first-order valence-corrected chi connectivity index (χ1v) is 6.28. The molecule has 1 rings (SSSR count). The molecular weight excluding hydrogens is 286 g/mol. The molecule has 8 heteroatoms. The van der Waals surface area contributed by atoms with Crippen LogP contribution in [0.1, 0.15) is 20.3 Å². The fourth-order valence-electron chi connectivity index (χ4n) is 1.29. The van der Waals surface area contributed by atoms with Crippen molar-refractivity contribution in [2.24, 2.45) is 0 Å². The van der Waals surface area contributed by atoms with Gasteiger partial charge in [0.1, 0.15) is 0 Å². The van der Waals surface area contributed by atoms with Crippen LogP contribution in [0.2, 0.25) is 5.02 Å². The van der Waals surface area contributed by atoms with E-state index in [2.05, 4.69) is 10.6 Å². The van der Waals surface area contributed by atoms with Gasteiger partial charge >= 0.3 is 11.8 Å². The van der Waals surface area contributed by atoms with Crippen molar-refractivity contribution in [1.29, 1.82) is 0 Å². The maximum atomic E-state index is 11.6. The van der Waals surface area contributed by atoms with E-state index in [1.807, 2.05) is 6.92 Å². The smallest absolute Gasteiger partial charge is 0.313 e. The van der Waals surface area contributed by atoms with Crippen LogP contribution in [0.5, 0.6) is 0 Å². The topological polar surface area (TPSA) is 101 Å². The van der Waals surface area contributed by atoms with Crippen molar-refractivity contribution < 1.29 is 14.5 Å². The molecule has 1 atom stereocenters. The van der Waals surface area contributed by atoms with Crippen molar-refractivity contribution >= 4 is 34.8 Å². The van der Waals surface area contributed by atoms with Gasteiger partial charge in [-0.2, -0.15) is 0 Å². The molecule has 1 aromatic rings. The van der Waals surface area contributed by atoms with E-state index >= 15 is 0 Å². The third-order valence-electron chi connectivity index (χ3n) is 2.61. The average molecular weight is 300 g/mol. The molecule has 0 saturated carbocycles. The van der Waals surface area contributed by atoms with Gasteiger partial charge in [-0.1, -0.05) is 18.5 Å². The fraction of sp³-hybridized carbons (Fsp3) is 0.333. The summed E-state index contributed by atoms with van der Waals surface area (Å²) >= 11 is 5.81. The maximum absolute atomic E-state index is 11.6. The second-order valence-corrected chi connectivity index (χ2v) is 4.57. The highest BCUT2D eigenvalue weighted by Gasteiger charge is 2.18. The number of benzene rings is 1. The SMILES string of the molecule is CCC(C)NC(=O)C(=O)Nc1cc([N+](=O)[O-])ccc1Cl. The molecule has 0 aliphatic rings. The van der Waals surface area contributed by atoms with E-state index in [-0.39, 0.29) is 22.4 Å². The van der Waals surface area contributed by atoms with Crippen LogP contribution >= 0.6 is 11.6 Å². The number of carbonyl (C=O) groups excluding carboxylic acids is 2. The molecular formula is C12H14ClN3O4. The number of carbonyl (C=O) groups is 2. The fourth-order valence-corrected chi connectivity index (χ4v) is 1.46. The minimum Gasteiger partial charge on any atom is -0.345 e. The Balaban J connectivity index is 2.82. The Morgan fingerprint density at radius 3 is 2.60 bits per heavy atom. The number of halogens is 1. The van der Waals surface area contributed by atoms with Crippen molar-refractivity contribution in [3.8, 4) is 0 Å². The number of nitrogens with one attached hydrogen (secondary N) is 2. The molecule has 0 saturated heterocycles. The van der Waals surface area contributed by atoms with Gasteiger partial charge in [-0.15, -0.1) is 0 Å². The lowest BCUT2D eigenvalue weighted by Crippen LogP contribution is -2.40. The lowest BCUT2D eigenvalue weighted by molar-refractivity contribution is -0.384. The summed E-state index contributed by atoms with van der Waals surface area (Å²) in [4.78, 5) is 33.2. The van der Waals surface area contributed by atoms with E-state index in [9.17, 15) is 19.7 Å². The molecule has 0 fully saturated rings. The predicted molar refractivity (Wildman–Crippen MR) is 74.6 cm³/mol. The van der Waals surface area contributed by atoms with Gasteiger partial charge in [0.25, 0.3) is 5.69 Å². The van der Waals surface area contributed by atoms with E-state index in [1.165, 1.54) is 12.1 Å². The minimum atomic E-state index is -0.923. The zero-order valence-electron chi connectivity index (χ0n) is 11.0.